The molecule has 5 nitrogen and oxygen atoms in total. The molecule has 0 fully saturated rings. The Kier molecular flexibility index (Phi) is 5.70. The standard InChI is InChI=1S/C22H21FN2O3S/c1-14-5-4-6-21(16(14)3)25-29(27,28)19-11-8-17(9-12-19)22(26)24-18-10-7-15(2)20(23)13-18/h4-13,25H,1-3H3,(H,24,26). The summed E-state index contributed by atoms with van der Waals surface area (Å²) in [4.78, 5) is 12.4. The van der Waals surface area contributed by atoms with Crippen LogP contribution in [0, 0.1) is 26.6 Å². The number of sulfonamides is 1. The highest BCUT2D eigenvalue weighted by atomic mass is 32.2. The zero-order chi connectivity index (χ0) is 21.2. The SMILES string of the molecule is Cc1ccc(NC(=O)c2ccc(S(=O)(=O)Nc3cccc(C)c3C)cc2)cc1F. The zero-order valence-corrected chi connectivity index (χ0v) is 17.1. The smallest absolute Gasteiger partial charge is 0.261 e. The lowest BCUT2D eigenvalue weighted by atomic mass is 10.1. The molecule has 0 saturated heterocycles. The number of rotatable bonds is 5. The highest BCUT2D eigenvalue weighted by molar-refractivity contribution is 7.92. The minimum Gasteiger partial charge on any atom is -0.322 e. The summed E-state index contributed by atoms with van der Waals surface area (Å²) in [5, 5.41) is 2.59. The maximum absolute atomic E-state index is 13.6. The third kappa shape index (κ3) is 4.63. The zero-order valence-electron chi connectivity index (χ0n) is 16.3. The van der Waals surface area contributed by atoms with E-state index in [2.05, 4.69) is 10.0 Å². The van der Waals surface area contributed by atoms with Crippen LogP contribution in [0.25, 0.3) is 0 Å². The van der Waals surface area contributed by atoms with Crippen LogP contribution < -0.4 is 10.0 Å². The van der Waals surface area contributed by atoms with Gasteiger partial charge in [0.2, 0.25) is 0 Å². The molecule has 0 bridgehead atoms. The van der Waals surface area contributed by atoms with E-state index in [-0.39, 0.29) is 10.5 Å². The third-order valence-electron chi connectivity index (χ3n) is 4.71. The number of hydrogen-bond donors (Lipinski definition) is 2. The van der Waals surface area contributed by atoms with Gasteiger partial charge in [0.25, 0.3) is 15.9 Å². The van der Waals surface area contributed by atoms with Crippen molar-refractivity contribution < 1.29 is 17.6 Å². The van der Waals surface area contributed by atoms with E-state index in [1.807, 2.05) is 19.9 Å². The van der Waals surface area contributed by atoms with Crippen LogP contribution in [0.2, 0.25) is 0 Å². The second kappa shape index (κ2) is 8.05. The second-order valence-corrected chi connectivity index (χ2v) is 8.48. The molecule has 0 aliphatic rings. The first-order valence-electron chi connectivity index (χ1n) is 8.94. The monoisotopic (exact) mass is 412 g/mol. The van der Waals surface area contributed by atoms with Gasteiger partial charge in [-0.15, -0.1) is 0 Å². The molecule has 0 unspecified atom stereocenters. The molecule has 0 heterocycles. The summed E-state index contributed by atoms with van der Waals surface area (Å²) in [6.45, 7) is 5.38. The highest BCUT2D eigenvalue weighted by Crippen LogP contribution is 2.22. The number of halogens is 1. The molecular formula is C22H21FN2O3S. The minimum absolute atomic E-state index is 0.0383. The topological polar surface area (TPSA) is 75.3 Å². The normalized spacial score (nSPS) is 11.2. The Labute approximate surface area is 169 Å². The fourth-order valence-electron chi connectivity index (χ4n) is 2.72. The molecule has 0 radical (unpaired) electrons. The van der Waals surface area contributed by atoms with Gasteiger partial charge in [-0.3, -0.25) is 9.52 Å². The van der Waals surface area contributed by atoms with Gasteiger partial charge in [-0.25, -0.2) is 12.8 Å². The first-order valence-corrected chi connectivity index (χ1v) is 10.4. The molecule has 0 spiro atoms. The number of carbonyl (C=O) groups is 1. The van der Waals surface area contributed by atoms with Crippen molar-refractivity contribution in [3.63, 3.8) is 0 Å². The van der Waals surface area contributed by atoms with Crippen LogP contribution in [0.5, 0.6) is 0 Å². The maximum atomic E-state index is 13.6. The first kappa shape index (κ1) is 20.5. The minimum atomic E-state index is -3.80. The summed E-state index contributed by atoms with van der Waals surface area (Å²) in [6.07, 6.45) is 0. The molecule has 3 aromatic rings. The lowest BCUT2D eigenvalue weighted by molar-refractivity contribution is 0.102. The van der Waals surface area contributed by atoms with E-state index in [9.17, 15) is 17.6 Å². The summed E-state index contributed by atoms with van der Waals surface area (Å²) in [6, 6.07) is 15.3. The van der Waals surface area contributed by atoms with Gasteiger partial charge in [0.1, 0.15) is 5.82 Å². The highest BCUT2D eigenvalue weighted by Gasteiger charge is 2.17. The van der Waals surface area contributed by atoms with Crippen molar-refractivity contribution in [3.8, 4) is 0 Å². The predicted octanol–water partition coefficient (Wildman–Crippen LogP) is 4.80. The van der Waals surface area contributed by atoms with Crippen LogP contribution in [-0.4, -0.2) is 14.3 Å². The van der Waals surface area contributed by atoms with Gasteiger partial charge in [-0.1, -0.05) is 18.2 Å². The Morgan fingerprint density at radius 3 is 2.24 bits per heavy atom. The van der Waals surface area contributed by atoms with Gasteiger partial charge >= 0.3 is 0 Å². The second-order valence-electron chi connectivity index (χ2n) is 6.80. The van der Waals surface area contributed by atoms with Crippen molar-refractivity contribution in [2.75, 3.05) is 10.0 Å². The van der Waals surface area contributed by atoms with Gasteiger partial charge < -0.3 is 5.32 Å². The van der Waals surface area contributed by atoms with Gasteiger partial charge in [0, 0.05) is 11.3 Å². The van der Waals surface area contributed by atoms with Crippen molar-refractivity contribution >= 4 is 27.3 Å². The number of amides is 1. The molecule has 3 rings (SSSR count). The predicted molar refractivity (Wildman–Crippen MR) is 112 cm³/mol. The lowest BCUT2D eigenvalue weighted by Crippen LogP contribution is -2.15. The number of anilines is 2. The number of carbonyl (C=O) groups excluding carboxylic acids is 1. The van der Waals surface area contributed by atoms with Crippen molar-refractivity contribution in [2.45, 2.75) is 25.7 Å². The van der Waals surface area contributed by atoms with E-state index in [0.29, 0.717) is 16.9 Å². The molecule has 29 heavy (non-hydrogen) atoms. The fourth-order valence-corrected chi connectivity index (χ4v) is 3.85. The Morgan fingerprint density at radius 1 is 0.897 bits per heavy atom. The molecule has 0 aromatic heterocycles. The van der Waals surface area contributed by atoms with Crippen molar-refractivity contribution in [2.24, 2.45) is 0 Å². The van der Waals surface area contributed by atoms with Crippen LogP contribution in [0.4, 0.5) is 15.8 Å². The molecule has 0 atom stereocenters. The molecule has 0 aliphatic carbocycles. The summed E-state index contributed by atoms with van der Waals surface area (Å²) >= 11 is 0. The number of nitrogens with one attached hydrogen (secondary N) is 2. The van der Waals surface area contributed by atoms with E-state index in [1.54, 1.807) is 31.2 Å². The Bertz CT molecular complexity index is 1170. The van der Waals surface area contributed by atoms with Crippen molar-refractivity contribution in [1.29, 1.82) is 0 Å². The van der Waals surface area contributed by atoms with Gasteiger partial charge in [0.05, 0.1) is 10.6 Å². The Morgan fingerprint density at radius 2 is 1.59 bits per heavy atom. The van der Waals surface area contributed by atoms with E-state index in [0.717, 1.165) is 11.1 Å². The number of hydrogen-bond acceptors (Lipinski definition) is 3. The Balaban J connectivity index is 1.77. The Hall–Kier alpha value is -3.19. The average molecular weight is 412 g/mol. The number of aryl methyl sites for hydroxylation is 2. The van der Waals surface area contributed by atoms with Crippen LogP contribution >= 0.6 is 0 Å². The molecule has 150 valence electrons. The molecule has 7 heteroatoms. The van der Waals surface area contributed by atoms with Crippen LogP contribution in [0.15, 0.2) is 65.6 Å². The molecular weight excluding hydrogens is 391 g/mol. The van der Waals surface area contributed by atoms with Crippen LogP contribution in [0.3, 0.4) is 0 Å². The van der Waals surface area contributed by atoms with Crippen LogP contribution in [-0.2, 0) is 10.0 Å². The van der Waals surface area contributed by atoms with Gasteiger partial charge in [-0.05, 0) is 79.9 Å². The van der Waals surface area contributed by atoms with Gasteiger partial charge in [0.15, 0.2) is 0 Å². The maximum Gasteiger partial charge on any atom is 0.261 e. The van der Waals surface area contributed by atoms with E-state index < -0.39 is 21.7 Å². The quantitative estimate of drug-likeness (QED) is 0.632. The van der Waals surface area contributed by atoms with Crippen molar-refractivity contribution in [3.05, 3.63) is 88.7 Å². The van der Waals surface area contributed by atoms with E-state index >= 15 is 0 Å². The molecule has 1 amide bonds. The number of benzene rings is 3. The van der Waals surface area contributed by atoms with Crippen molar-refractivity contribution in [1.82, 2.24) is 0 Å². The molecule has 0 saturated carbocycles. The fraction of sp³-hybridized carbons (Fsp3) is 0.136. The van der Waals surface area contributed by atoms with Crippen LogP contribution in [0.1, 0.15) is 27.0 Å². The molecule has 2 N–H and O–H groups in total. The van der Waals surface area contributed by atoms with Gasteiger partial charge in [-0.2, -0.15) is 0 Å². The van der Waals surface area contributed by atoms with E-state index in [1.165, 1.54) is 30.3 Å². The molecule has 0 aliphatic heterocycles. The largest absolute Gasteiger partial charge is 0.322 e. The third-order valence-corrected chi connectivity index (χ3v) is 6.09. The lowest BCUT2D eigenvalue weighted by Gasteiger charge is -2.12. The summed E-state index contributed by atoms with van der Waals surface area (Å²) in [5.74, 6) is -0.874. The summed E-state index contributed by atoms with van der Waals surface area (Å²) < 4.78 is 41.5. The molecule has 3 aromatic carbocycles. The van der Waals surface area contributed by atoms with E-state index in [4.69, 9.17) is 0 Å². The first-order chi connectivity index (χ1) is 13.7. The summed E-state index contributed by atoms with van der Waals surface area (Å²) in [7, 11) is -3.80. The average Bonchev–Trinajstić information content (AvgIpc) is 2.68. The summed E-state index contributed by atoms with van der Waals surface area (Å²) in [5.41, 5.74) is 3.40.